The third-order valence-electron chi connectivity index (χ3n) is 2.89. The lowest BCUT2D eigenvalue weighted by Crippen LogP contribution is -1.92. The van der Waals surface area contributed by atoms with E-state index < -0.39 is 0 Å². The summed E-state index contributed by atoms with van der Waals surface area (Å²) in [4.78, 5) is 0. The minimum atomic E-state index is 0.203. The highest BCUT2D eigenvalue weighted by molar-refractivity contribution is 5.79. The Balaban J connectivity index is 2.60. The van der Waals surface area contributed by atoms with E-state index in [4.69, 9.17) is 5.73 Å². The second kappa shape index (κ2) is 4.01. The second-order valence-electron chi connectivity index (χ2n) is 4.23. The van der Waals surface area contributed by atoms with Gasteiger partial charge in [0.1, 0.15) is 11.5 Å². The van der Waals surface area contributed by atoms with Gasteiger partial charge in [0.25, 0.3) is 0 Å². The van der Waals surface area contributed by atoms with E-state index in [1.807, 2.05) is 19.1 Å². The summed E-state index contributed by atoms with van der Waals surface area (Å²) >= 11 is 0. The number of phenolic OH excluding ortho intramolecular Hbond substituents is 2. The summed E-state index contributed by atoms with van der Waals surface area (Å²) in [7, 11) is 0. The van der Waals surface area contributed by atoms with Gasteiger partial charge in [-0.3, -0.25) is 0 Å². The number of nitrogen functional groups attached to an aromatic ring is 1. The van der Waals surface area contributed by atoms with Crippen molar-refractivity contribution in [1.29, 1.82) is 0 Å². The van der Waals surface area contributed by atoms with Crippen LogP contribution in [0.1, 0.15) is 11.1 Å². The fraction of sp³-hybridized carbons (Fsp3) is 0.143. The zero-order valence-electron chi connectivity index (χ0n) is 9.86. The molecule has 0 bridgehead atoms. The van der Waals surface area contributed by atoms with Gasteiger partial charge in [-0.2, -0.15) is 0 Å². The first-order valence-corrected chi connectivity index (χ1v) is 5.38. The Kier molecular flexibility index (Phi) is 2.68. The van der Waals surface area contributed by atoms with Gasteiger partial charge in [0.05, 0.1) is 0 Å². The summed E-state index contributed by atoms with van der Waals surface area (Å²) in [5.74, 6) is 0.427. The summed E-state index contributed by atoms with van der Waals surface area (Å²) < 4.78 is 0. The zero-order valence-corrected chi connectivity index (χ0v) is 9.86. The van der Waals surface area contributed by atoms with Gasteiger partial charge in [0.15, 0.2) is 0 Å². The highest BCUT2D eigenvalue weighted by atomic mass is 16.3. The van der Waals surface area contributed by atoms with E-state index in [0.29, 0.717) is 5.69 Å². The monoisotopic (exact) mass is 229 g/mol. The Hall–Kier alpha value is -2.16. The predicted molar refractivity (Wildman–Crippen MR) is 69.1 cm³/mol. The lowest BCUT2D eigenvalue weighted by Gasteiger charge is -2.10. The molecule has 0 atom stereocenters. The van der Waals surface area contributed by atoms with Crippen LogP contribution in [0.3, 0.4) is 0 Å². The SMILES string of the molecule is Cc1ccc(-c2cc(O)c(C)cc2N)cc1O. The largest absolute Gasteiger partial charge is 0.508 e. The summed E-state index contributed by atoms with van der Waals surface area (Å²) in [6, 6.07) is 8.68. The topological polar surface area (TPSA) is 66.5 Å². The molecule has 0 aromatic heterocycles. The smallest absolute Gasteiger partial charge is 0.119 e. The van der Waals surface area contributed by atoms with Crippen LogP contribution in [-0.2, 0) is 0 Å². The quantitative estimate of drug-likeness (QED) is 0.520. The van der Waals surface area contributed by atoms with E-state index >= 15 is 0 Å². The molecule has 2 aromatic carbocycles. The van der Waals surface area contributed by atoms with Gasteiger partial charge in [0, 0.05) is 11.3 Å². The van der Waals surface area contributed by atoms with Crippen molar-refractivity contribution in [3.63, 3.8) is 0 Å². The van der Waals surface area contributed by atoms with Crippen molar-refractivity contribution in [2.75, 3.05) is 5.73 Å². The summed E-state index contributed by atoms with van der Waals surface area (Å²) in [5.41, 5.74) is 9.57. The van der Waals surface area contributed by atoms with Crippen molar-refractivity contribution in [2.45, 2.75) is 13.8 Å². The van der Waals surface area contributed by atoms with Crippen LogP contribution in [-0.4, -0.2) is 10.2 Å². The molecule has 2 rings (SSSR count). The molecule has 4 N–H and O–H groups in total. The van der Waals surface area contributed by atoms with E-state index in [9.17, 15) is 10.2 Å². The summed E-state index contributed by atoms with van der Waals surface area (Å²) in [6.07, 6.45) is 0. The molecule has 0 saturated heterocycles. The number of hydrogen-bond donors (Lipinski definition) is 3. The van der Waals surface area contributed by atoms with Gasteiger partial charge in [-0.05, 0) is 48.7 Å². The van der Waals surface area contributed by atoms with Crippen molar-refractivity contribution in [1.82, 2.24) is 0 Å². The molecule has 2 aromatic rings. The molecule has 88 valence electrons. The molecule has 0 aliphatic rings. The lowest BCUT2D eigenvalue weighted by atomic mass is 10.00. The lowest BCUT2D eigenvalue weighted by molar-refractivity contribution is 0.470. The van der Waals surface area contributed by atoms with Crippen LogP contribution in [0.5, 0.6) is 11.5 Å². The highest BCUT2D eigenvalue weighted by Crippen LogP contribution is 2.34. The molecule has 0 fully saturated rings. The van der Waals surface area contributed by atoms with Crippen molar-refractivity contribution < 1.29 is 10.2 Å². The van der Waals surface area contributed by atoms with Gasteiger partial charge >= 0.3 is 0 Å². The maximum absolute atomic E-state index is 9.69. The Morgan fingerprint density at radius 1 is 0.882 bits per heavy atom. The van der Waals surface area contributed by atoms with Crippen LogP contribution >= 0.6 is 0 Å². The van der Waals surface area contributed by atoms with Gasteiger partial charge in [-0.1, -0.05) is 12.1 Å². The molecular formula is C14H15NO2. The summed E-state index contributed by atoms with van der Waals surface area (Å²) in [6.45, 7) is 3.62. The molecule has 0 saturated carbocycles. The molecule has 3 heteroatoms. The highest BCUT2D eigenvalue weighted by Gasteiger charge is 2.08. The van der Waals surface area contributed by atoms with E-state index in [0.717, 1.165) is 22.3 Å². The fourth-order valence-corrected chi connectivity index (χ4v) is 1.75. The van der Waals surface area contributed by atoms with Crippen LogP contribution in [0.25, 0.3) is 11.1 Å². The zero-order chi connectivity index (χ0) is 12.6. The van der Waals surface area contributed by atoms with Crippen LogP contribution in [0, 0.1) is 13.8 Å². The van der Waals surface area contributed by atoms with E-state index in [1.54, 1.807) is 25.1 Å². The molecule has 0 spiro atoms. The first kappa shape index (κ1) is 11.3. The first-order valence-electron chi connectivity index (χ1n) is 5.38. The minimum absolute atomic E-state index is 0.203. The Morgan fingerprint density at radius 2 is 1.53 bits per heavy atom. The second-order valence-corrected chi connectivity index (χ2v) is 4.23. The molecular weight excluding hydrogens is 214 g/mol. The van der Waals surface area contributed by atoms with Crippen molar-refractivity contribution in [3.05, 3.63) is 41.5 Å². The number of rotatable bonds is 1. The number of aryl methyl sites for hydroxylation is 2. The number of hydrogen-bond acceptors (Lipinski definition) is 3. The maximum Gasteiger partial charge on any atom is 0.119 e. The molecule has 0 aliphatic carbocycles. The van der Waals surface area contributed by atoms with Gasteiger partial charge in [-0.25, -0.2) is 0 Å². The first-order chi connectivity index (χ1) is 7.99. The molecule has 17 heavy (non-hydrogen) atoms. The molecule has 0 radical (unpaired) electrons. The Bertz CT molecular complexity index is 577. The van der Waals surface area contributed by atoms with Gasteiger partial charge in [0.2, 0.25) is 0 Å². The number of benzene rings is 2. The number of anilines is 1. The van der Waals surface area contributed by atoms with Crippen LogP contribution in [0.4, 0.5) is 5.69 Å². The van der Waals surface area contributed by atoms with E-state index in [-0.39, 0.29) is 11.5 Å². The minimum Gasteiger partial charge on any atom is -0.508 e. The van der Waals surface area contributed by atoms with Crippen LogP contribution in [0.2, 0.25) is 0 Å². The number of nitrogens with two attached hydrogens (primary N) is 1. The van der Waals surface area contributed by atoms with Crippen molar-refractivity contribution in [2.24, 2.45) is 0 Å². The molecule has 0 aliphatic heterocycles. The maximum atomic E-state index is 9.69. The van der Waals surface area contributed by atoms with Gasteiger partial charge in [-0.15, -0.1) is 0 Å². The van der Waals surface area contributed by atoms with Crippen molar-refractivity contribution >= 4 is 5.69 Å². The normalized spacial score (nSPS) is 10.5. The Morgan fingerprint density at radius 3 is 2.18 bits per heavy atom. The molecule has 0 heterocycles. The van der Waals surface area contributed by atoms with Crippen LogP contribution in [0.15, 0.2) is 30.3 Å². The number of aromatic hydroxyl groups is 2. The van der Waals surface area contributed by atoms with E-state index in [2.05, 4.69) is 0 Å². The Labute approximate surface area is 100 Å². The molecule has 0 amide bonds. The third kappa shape index (κ3) is 2.04. The molecule has 3 nitrogen and oxygen atoms in total. The fourth-order valence-electron chi connectivity index (χ4n) is 1.75. The van der Waals surface area contributed by atoms with E-state index in [1.165, 1.54) is 0 Å². The standard InChI is InChI=1S/C14H15NO2/c1-8-3-4-10(6-13(8)16)11-7-14(17)9(2)5-12(11)15/h3-7,16-17H,15H2,1-2H3. The van der Waals surface area contributed by atoms with Gasteiger partial charge < -0.3 is 15.9 Å². The predicted octanol–water partition coefficient (Wildman–Crippen LogP) is 2.96. The average molecular weight is 229 g/mol. The van der Waals surface area contributed by atoms with Crippen LogP contribution < -0.4 is 5.73 Å². The third-order valence-corrected chi connectivity index (χ3v) is 2.89. The molecule has 0 unspecified atom stereocenters. The van der Waals surface area contributed by atoms with Crippen molar-refractivity contribution in [3.8, 4) is 22.6 Å². The summed E-state index contributed by atoms with van der Waals surface area (Å²) in [5, 5.41) is 19.4. The number of phenols is 2. The average Bonchev–Trinajstić information content (AvgIpc) is 2.27.